The lowest BCUT2D eigenvalue weighted by molar-refractivity contribution is 0.754. The fourth-order valence-corrected chi connectivity index (χ4v) is 6.88. The molecule has 2 unspecified atom stereocenters. The average Bonchev–Trinajstić information content (AvgIpc) is 3.12. The first-order chi connectivity index (χ1) is 21.8. The zero-order valence-electron chi connectivity index (χ0n) is 23.7. The van der Waals surface area contributed by atoms with Crippen LogP contribution in [0.1, 0.15) is 45.2 Å². The van der Waals surface area contributed by atoms with Crippen molar-refractivity contribution in [3.63, 3.8) is 0 Å². The number of benzene rings is 5. The first kappa shape index (κ1) is 24.8. The maximum Gasteiger partial charge on any atom is 0.164 e. The highest BCUT2D eigenvalue weighted by atomic mass is 15.0. The van der Waals surface area contributed by atoms with E-state index in [0.717, 1.165) is 28.1 Å². The minimum Gasteiger partial charge on any atom is -0.237 e. The Balaban J connectivity index is 1.21. The summed E-state index contributed by atoms with van der Waals surface area (Å²) in [6.07, 6.45) is 3.60. The summed E-state index contributed by atoms with van der Waals surface area (Å²) in [6, 6.07) is 44.4. The summed E-state index contributed by atoms with van der Waals surface area (Å²) in [6.45, 7) is 0. The maximum absolute atomic E-state index is 5.01. The van der Waals surface area contributed by atoms with Gasteiger partial charge in [-0.05, 0) is 51.6 Å². The van der Waals surface area contributed by atoms with Gasteiger partial charge in [-0.3, -0.25) is 0 Å². The van der Waals surface area contributed by atoms with Crippen molar-refractivity contribution in [1.29, 1.82) is 0 Å². The van der Waals surface area contributed by atoms with Crippen molar-refractivity contribution in [2.45, 2.75) is 11.8 Å². The van der Waals surface area contributed by atoms with Crippen LogP contribution in [0.3, 0.4) is 0 Å². The van der Waals surface area contributed by atoms with E-state index in [1.807, 2.05) is 66.7 Å². The van der Waals surface area contributed by atoms with Gasteiger partial charge in [0.1, 0.15) is 0 Å². The fourth-order valence-electron chi connectivity index (χ4n) is 6.88. The second-order valence-corrected chi connectivity index (χ2v) is 11.3. The van der Waals surface area contributed by atoms with Gasteiger partial charge < -0.3 is 0 Å². The van der Waals surface area contributed by atoms with E-state index in [-0.39, 0.29) is 11.8 Å². The van der Waals surface area contributed by atoms with Gasteiger partial charge in [0.15, 0.2) is 23.3 Å². The van der Waals surface area contributed by atoms with E-state index < -0.39 is 0 Å². The van der Waals surface area contributed by atoms with Gasteiger partial charge >= 0.3 is 0 Å². The predicted octanol–water partition coefficient (Wildman–Crippen LogP) is 8.32. The summed E-state index contributed by atoms with van der Waals surface area (Å²) in [5.74, 6) is 3.01. The summed E-state index contributed by atoms with van der Waals surface area (Å²) in [5, 5.41) is 0. The van der Waals surface area contributed by atoms with Crippen LogP contribution < -0.4 is 0 Å². The van der Waals surface area contributed by atoms with Crippen LogP contribution in [0.2, 0.25) is 0 Å². The van der Waals surface area contributed by atoms with Gasteiger partial charge in [-0.15, -0.1) is 0 Å². The third kappa shape index (κ3) is 3.90. The van der Waals surface area contributed by atoms with E-state index in [4.69, 9.17) is 15.0 Å². The topological polar surface area (TPSA) is 64.5 Å². The predicted molar refractivity (Wildman–Crippen MR) is 172 cm³/mol. The number of nitrogens with zero attached hydrogens (tertiary/aromatic N) is 5. The molecule has 0 amide bonds. The monoisotopic (exact) mass is 563 g/mol. The normalized spacial score (nSPS) is 15.7. The third-order valence-corrected chi connectivity index (χ3v) is 8.82. The minimum atomic E-state index is 0.121. The molecular weight excluding hydrogens is 538 g/mol. The van der Waals surface area contributed by atoms with Crippen LogP contribution in [0.4, 0.5) is 0 Å². The molecule has 0 saturated carbocycles. The summed E-state index contributed by atoms with van der Waals surface area (Å²) in [5.41, 5.74) is 12.0. The Hall–Kier alpha value is -5.81. The van der Waals surface area contributed by atoms with Gasteiger partial charge in [-0.2, -0.15) is 0 Å². The lowest BCUT2D eigenvalue weighted by atomic mass is 9.61. The molecule has 5 aromatic carbocycles. The molecule has 3 aliphatic rings. The molecule has 0 spiro atoms. The zero-order valence-corrected chi connectivity index (χ0v) is 23.7. The summed E-state index contributed by atoms with van der Waals surface area (Å²) in [4.78, 5) is 23.9. The molecule has 2 aromatic heterocycles. The number of hydrogen-bond donors (Lipinski definition) is 0. The molecule has 10 rings (SSSR count). The van der Waals surface area contributed by atoms with Crippen LogP contribution in [-0.4, -0.2) is 24.9 Å². The lowest BCUT2D eigenvalue weighted by Gasteiger charge is -2.42. The SMILES string of the molecule is c1ccc(-c2nc(-c3ccccc3)nc(-c3ccc4c(c3)C3c5ccccc5C4c4cc(-c5ncccn5)ccc43)n2)cc1. The van der Waals surface area contributed by atoms with Crippen molar-refractivity contribution < 1.29 is 0 Å². The molecule has 0 fully saturated rings. The van der Waals surface area contributed by atoms with E-state index in [1.165, 1.54) is 33.4 Å². The Labute approximate surface area is 255 Å². The molecule has 44 heavy (non-hydrogen) atoms. The molecule has 0 N–H and O–H groups in total. The Kier molecular flexibility index (Phi) is 5.56. The maximum atomic E-state index is 5.01. The Morgan fingerprint density at radius 2 is 0.727 bits per heavy atom. The smallest absolute Gasteiger partial charge is 0.164 e. The Morgan fingerprint density at radius 1 is 0.318 bits per heavy atom. The zero-order chi connectivity index (χ0) is 29.0. The van der Waals surface area contributed by atoms with Crippen molar-refractivity contribution in [2.75, 3.05) is 0 Å². The van der Waals surface area contributed by atoms with Crippen molar-refractivity contribution in [3.8, 4) is 45.6 Å². The minimum absolute atomic E-state index is 0.121. The van der Waals surface area contributed by atoms with E-state index in [2.05, 4.69) is 70.6 Å². The van der Waals surface area contributed by atoms with Gasteiger partial charge in [0.2, 0.25) is 0 Å². The second-order valence-electron chi connectivity index (χ2n) is 11.3. The number of aromatic nitrogens is 5. The highest BCUT2D eigenvalue weighted by Crippen LogP contribution is 2.56. The van der Waals surface area contributed by atoms with Crippen molar-refractivity contribution >= 4 is 0 Å². The first-order valence-corrected chi connectivity index (χ1v) is 14.8. The molecule has 0 saturated heterocycles. The standard InChI is InChI=1S/C39H25N5/c1-3-10-24(11-4-1)37-42-38(25-12-5-2-6-13-25)44-39(43-37)27-17-19-31-33(23-27)35-29-15-8-7-14-28(29)34(31)32-22-26(16-18-30(32)35)36-40-20-9-21-41-36/h1-23,34-35H. The molecule has 206 valence electrons. The van der Waals surface area contributed by atoms with Crippen molar-refractivity contribution in [2.24, 2.45) is 0 Å². The molecule has 5 nitrogen and oxygen atoms in total. The number of rotatable bonds is 4. The summed E-state index contributed by atoms with van der Waals surface area (Å²) >= 11 is 0. The van der Waals surface area contributed by atoms with Crippen LogP contribution in [0.5, 0.6) is 0 Å². The van der Waals surface area contributed by atoms with Crippen LogP contribution in [0.15, 0.2) is 140 Å². The van der Waals surface area contributed by atoms with E-state index in [0.29, 0.717) is 17.5 Å². The highest BCUT2D eigenvalue weighted by molar-refractivity contribution is 5.74. The molecule has 0 aliphatic heterocycles. The van der Waals surface area contributed by atoms with Gasteiger partial charge in [0.25, 0.3) is 0 Å². The Morgan fingerprint density at radius 3 is 1.23 bits per heavy atom. The van der Waals surface area contributed by atoms with E-state index in [1.54, 1.807) is 12.4 Å². The van der Waals surface area contributed by atoms with Crippen molar-refractivity contribution in [1.82, 2.24) is 24.9 Å². The molecule has 7 aromatic rings. The second kappa shape index (κ2) is 9.89. The molecule has 5 heteroatoms. The largest absolute Gasteiger partial charge is 0.237 e. The van der Waals surface area contributed by atoms with Crippen LogP contribution in [0.25, 0.3) is 45.6 Å². The highest BCUT2D eigenvalue weighted by Gasteiger charge is 2.41. The van der Waals surface area contributed by atoms with Crippen LogP contribution in [0, 0.1) is 0 Å². The molecular formula is C39H25N5. The van der Waals surface area contributed by atoms with Crippen LogP contribution in [-0.2, 0) is 0 Å². The van der Waals surface area contributed by atoms with Crippen molar-refractivity contribution in [3.05, 3.63) is 173 Å². The molecule has 2 atom stereocenters. The summed E-state index contributed by atoms with van der Waals surface area (Å²) in [7, 11) is 0. The third-order valence-electron chi connectivity index (χ3n) is 8.82. The number of hydrogen-bond acceptors (Lipinski definition) is 5. The van der Waals surface area contributed by atoms with E-state index >= 15 is 0 Å². The summed E-state index contributed by atoms with van der Waals surface area (Å²) < 4.78 is 0. The first-order valence-electron chi connectivity index (χ1n) is 14.8. The Bertz CT molecular complexity index is 2120. The quantitative estimate of drug-likeness (QED) is 0.215. The van der Waals surface area contributed by atoms with Gasteiger partial charge in [-0.25, -0.2) is 24.9 Å². The van der Waals surface area contributed by atoms with Gasteiger partial charge in [0.05, 0.1) is 0 Å². The molecule has 3 aliphatic carbocycles. The molecule has 2 heterocycles. The fraction of sp³-hybridized carbons (Fsp3) is 0.0513. The average molecular weight is 564 g/mol. The van der Waals surface area contributed by atoms with Gasteiger partial charge in [-0.1, -0.05) is 109 Å². The lowest BCUT2D eigenvalue weighted by Crippen LogP contribution is -2.27. The molecule has 0 radical (unpaired) electrons. The molecule has 2 bridgehead atoms. The van der Waals surface area contributed by atoms with E-state index in [9.17, 15) is 0 Å². The van der Waals surface area contributed by atoms with Crippen LogP contribution >= 0.6 is 0 Å². The van der Waals surface area contributed by atoms with Gasteiger partial charge in [0, 0.05) is 46.5 Å².